The summed E-state index contributed by atoms with van der Waals surface area (Å²) in [6.45, 7) is 5.47. The molecular weight excluding hydrogens is 192 g/mol. The summed E-state index contributed by atoms with van der Waals surface area (Å²) in [5.41, 5.74) is -0.0324. The molecule has 2 N–H and O–H groups in total. The van der Waals surface area contributed by atoms with E-state index >= 15 is 0 Å². The Labute approximate surface area is 90.8 Å². The quantitative estimate of drug-likeness (QED) is 0.691. The molecule has 2 fully saturated rings. The number of rotatable bonds is 2. The van der Waals surface area contributed by atoms with Crippen molar-refractivity contribution in [2.45, 2.75) is 31.7 Å². The Morgan fingerprint density at radius 1 is 1.47 bits per heavy atom. The predicted octanol–water partition coefficient (Wildman–Crippen LogP) is 0.281. The second kappa shape index (κ2) is 4.49. The fourth-order valence-corrected chi connectivity index (χ4v) is 2.28. The van der Waals surface area contributed by atoms with E-state index in [9.17, 15) is 4.79 Å². The number of carbonyl (C=O) groups is 1. The van der Waals surface area contributed by atoms with Crippen LogP contribution in [0.2, 0.25) is 0 Å². The van der Waals surface area contributed by atoms with Gasteiger partial charge in [0.15, 0.2) is 0 Å². The fourth-order valence-electron chi connectivity index (χ4n) is 2.28. The zero-order chi connectivity index (χ0) is 10.7. The molecule has 1 unspecified atom stereocenters. The molecule has 2 aliphatic heterocycles. The van der Waals surface area contributed by atoms with Crippen molar-refractivity contribution >= 4 is 5.91 Å². The van der Waals surface area contributed by atoms with E-state index in [1.54, 1.807) is 0 Å². The molecule has 1 atom stereocenters. The van der Waals surface area contributed by atoms with Crippen LogP contribution in [-0.2, 0) is 9.53 Å². The first-order valence-electron chi connectivity index (χ1n) is 5.80. The normalized spacial score (nSPS) is 32.9. The highest BCUT2D eigenvalue weighted by atomic mass is 16.5. The van der Waals surface area contributed by atoms with E-state index in [0.717, 1.165) is 45.6 Å². The van der Waals surface area contributed by atoms with Crippen molar-refractivity contribution in [1.82, 2.24) is 10.6 Å². The summed E-state index contributed by atoms with van der Waals surface area (Å²) >= 11 is 0. The van der Waals surface area contributed by atoms with Gasteiger partial charge < -0.3 is 15.4 Å². The molecule has 1 amide bonds. The van der Waals surface area contributed by atoms with Crippen LogP contribution < -0.4 is 10.6 Å². The van der Waals surface area contributed by atoms with Crippen molar-refractivity contribution in [3.63, 3.8) is 0 Å². The molecule has 86 valence electrons. The van der Waals surface area contributed by atoms with E-state index in [4.69, 9.17) is 4.74 Å². The summed E-state index contributed by atoms with van der Waals surface area (Å²) < 4.78 is 5.25. The van der Waals surface area contributed by atoms with Crippen LogP contribution >= 0.6 is 0 Å². The number of carbonyl (C=O) groups excluding carboxylic acids is 1. The molecular formula is C11H20N2O2. The van der Waals surface area contributed by atoms with Gasteiger partial charge in [-0.2, -0.15) is 0 Å². The van der Waals surface area contributed by atoms with Gasteiger partial charge in [-0.15, -0.1) is 0 Å². The van der Waals surface area contributed by atoms with Gasteiger partial charge in [0.25, 0.3) is 0 Å². The lowest BCUT2D eigenvalue weighted by Crippen LogP contribution is -2.50. The molecule has 4 nitrogen and oxygen atoms in total. The summed E-state index contributed by atoms with van der Waals surface area (Å²) in [5.74, 6) is 0.376. The number of ether oxygens (including phenoxy) is 1. The molecule has 0 aliphatic carbocycles. The van der Waals surface area contributed by atoms with Crippen molar-refractivity contribution in [3.05, 3.63) is 0 Å². The van der Waals surface area contributed by atoms with Gasteiger partial charge in [0.1, 0.15) is 0 Å². The van der Waals surface area contributed by atoms with Crippen LogP contribution in [0.4, 0.5) is 0 Å². The Kier molecular flexibility index (Phi) is 3.26. The third kappa shape index (κ3) is 2.69. The summed E-state index contributed by atoms with van der Waals surface area (Å²) in [5, 5.41) is 6.45. The Morgan fingerprint density at radius 3 is 2.80 bits per heavy atom. The molecule has 2 heterocycles. The minimum absolute atomic E-state index is 0.0324. The van der Waals surface area contributed by atoms with Gasteiger partial charge in [-0.25, -0.2) is 0 Å². The number of nitrogens with one attached hydrogen (secondary N) is 2. The SMILES string of the molecule is CC1(NC(=O)C2CCOCC2)CCNC1. The maximum Gasteiger partial charge on any atom is 0.223 e. The minimum Gasteiger partial charge on any atom is -0.381 e. The first kappa shape index (κ1) is 10.9. The smallest absolute Gasteiger partial charge is 0.223 e. The monoisotopic (exact) mass is 212 g/mol. The zero-order valence-electron chi connectivity index (χ0n) is 9.34. The van der Waals surface area contributed by atoms with Gasteiger partial charge in [0, 0.05) is 25.7 Å². The molecule has 4 heteroatoms. The number of amides is 1. The van der Waals surface area contributed by atoms with Gasteiger partial charge >= 0.3 is 0 Å². The molecule has 0 radical (unpaired) electrons. The summed E-state index contributed by atoms with van der Waals surface area (Å²) in [6.07, 6.45) is 2.77. The first-order valence-corrected chi connectivity index (χ1v) is 5.80. The predicted molar refractivity (Wildman–Crippen MR) is 57.6 cm³/mol. The average Bonchev–Trinajstić information content (AvgIpc) is 2.66. The second-order valence-electron chi connectivity index (χ2n) is 4.86. The molecule has 0 bridgehead atoms. The van der Waals surface area contributed by atoms with Crippen molar-refractivity contribution < 1.29 is 9.53 Å². The number of hydrogen-bond acceptors (Lipinski definition) is 3. The lowest BCUT2D eigenvalue weighted by molar-refractivity contribution is -0.129. The van der Waals surface area contributed by atoms with E-state index < -0.39 is 0 Å². The summed E-state index contributed by atoms with van der Waals surface area (Å²) in [4.78, 5) is 12.0. The van der Waals surface area contributed by atoms with Crippen LogP contribution in [0.15, 0.2) is 0 Å². The maximum absolute atomic E-state index is 12.0. The van der Waals surface area contributed by atoms with E-state index in [1.165, 1.54) is 0 Å². The molecule has 0 aromatic heterocycles. The Morgan fingerprint density at radius 2 is 2.20 bits per heavy atom. The van der Waals surface area contributed by atoms with Crippen molar-refractivity contribution in [1.29, 1.82) is 0 Å². The van der Waals surface area contributed by atoms with Crippen LogP contribution in [-0.4, -0.2) is 37.7 Å². The van der Waals surface area contributed by atoms with Crippen molar-refractivity contribution in [2.75, 3.05) is 26.3 Å². The first-order chi connectivity index (χ1) is 7.20. The maximum atomic E-state index is 12.0. The van der Waals surface area contributed by atoms with Crippen LogP contribution in [0.1, 0.15) is 26.2 Å². The minimum atomic E-state index is -0.0324. The summed E-state index contributed by atoms with van der Waals surface area (Å²) in [7, 11) is 0. The van der Waals surface area contributed by atoms with Gasteiger partial charge in [-0.1, -0.05) is 0 Å². The topological polar surface area (TPSA) is 50.4 Å². The van der Waals surface area contributed by atoms with E-state index in [-0.39, 0.29) is 17.4 Å². The molecule has 0 aromatic rings. The Balaban J connectivity index is 1.85. The molecule has 2 rings (SSSR count). The van der Waals surface area contributed by atoms with Crippen LogP contribution in [0, 0.1) is 5.92 Å². The average molecular weight is 212 g/mol. The molecule has 0 saturated carbocycles. The summed E-state index contributed by atoms with van der Waals surface area (Å²) in [6, 6.07) is 0. The molecule has 0 spiro atoms. The largest absolute Gasteiger partial charge is 0.381 e. The zero-order valence-corrected chi connectivity index (χ0v) is 9.34. The van der Waals surface area contributed by atoms with E-state index in [0.29, 0.717) is 0 Å². The van der Waals surface area contributed by atoms with Crippen LogP contribution in [0.3, 0.4) is 0 Å². The molecule has 15 heavy (non-hydrogen) atoms. The lowest BCUT2D eigenvalue weighted by atomic mass is 9.95. The van der Waals surface area contributed by atoms with Crippen LogP contribution in [0.25, 0.3) is 0 Å². The molecule has 0 aromatic carbocycles. The fraction of sp³-hybridized carbons (Fsp3) is 0.909. The Bertz CT molecular complexity index is 231. The Hall–Kier alpha value is -0.610. The molecule has 2 saturated heterocycles. The van der Waals surface area contributed by atoms with Gasteiger partial charge in [-0.05, 0) is 32.7 Å². The van der Waals surface area contributed by atoms with Crippen molar-refractivity contribution in [2.24, 2.45) is 5.92 Å². The highest BCUT2D eigenvalue weighted by Crippen LogP contribution is 2.18. The van der Waals surface area contributed by atoms with Crippen LogP contribution in [0.5, 0.6) is 0 Å². The number of hydrogen-bond donors (Lipinski definition) is 2. The molecule has 2 aliphatic rings. The van der Waals surface area contributed by atoms with Gasteiger partial charge in [-0.3, -0.25) is 4.79 Å². The standard InChI is InChI=1S/C11H20N2O2/c1-11(4-5-12-8-11)13-10(14)9-2-6-15-7-3-9/h9,12H,2-8H2,1H3,(H,13,14). The lowest BCUT2D eigenvalue weighted by Gasteiger charge is -2.29. The van der Waals surface area contributed by atoms with E-state index in [1.807, 2.05) is 0 Å². The van der Waals surface area contributed by atoms with Crippen molar-refractivity contribution in [3.8, 4) is 0 Å². The third-order valence-corrected chi connectivity index (χ3v) is 3.39. The van der Waals surface area contributed by atoms with Gasteiger partial charge in [0.05, 0.1) is 5.54 Å². The van der Waals surface area contributed by atoms with E-state index in [2.05, 4.69) is 17.6 Å². The highest BCUT2D eigenvalue weighted by molar-refractivity contribution is 5.79. The van der Waals surface area contributed by atoms with Gasteiger partial charge in [0.2, 0.25) is 5.91 Å². The second-order valence-corrected chi connectivity index (χ2v) is 4.86. The highest BCUT2D eigenvalue weighted by Gasteiger charge is 2.32. The third-order valence-electron chi connectivity index (χ3n) is 3.39.